The number of carbonyl (C=O) groups excluding carboxylic acids is 6. The minimum atomic E-state index is -1.15. The van der Waals surface area contributed by atoms with E-state index in [4.69, 9.17) is 49.7 Å². The number of ketones is 1. The van der Waals surface area contributed by atoms with E-state index in [1.807, 2.05) is 31.2 Å². The zero-order valence-corrected chi connectivity index (χ0v) is 75.0. The molecule has 2 aromatic heterocycles. The van der Waals surface area contributed by atoms with Gasteiger partial charge in [0.2, 0.25) is 5.75 Å². The van der Waals surface area contributed by atoms with Crippen LogP contribution in [0, 0.1) is 98.1 Å². The van der Waals surface area contributed by atoms with Gasteiger partial charge in [-0.1, -0.05) is 7.43 Å². The number of phenolic OH excluding ortho intramolecular Hbond substituents is 1. The zero-order chi connectivity index (χ0) is 93.4. The Morgan fingerprint density at radius 1 is 0.488 bits per heavy atom. The minimum absolute atomic E-state index is 0. The van der Waals surface area contributed by atoms with Crippen molar-refractivity contribution < 1.29 is 165 Å². The van der Waals surface area contributed by atoms with Crippen molar-refractivity contribution in [3.63, 3.8) is 0 Å². The number of hydrogen-bond acceptors (Lipinski definition) is 19. The largest absolute Gasteiger partial charge is 0.508 e. The zero-order valence-electron chi connectivity index (χ0n) is 68.0. The van der Waals surface area contributed by atoms with Crippen LogP contribution < -0.4 is 40.2 Å². The fourth-order valence-corrected chi connectivity index (χ4v) is 10.4. The van der Waals surface area contributed by atoms with Gasteiger partial charge in [-0.2, -0.15) is 15.2 Å². The number of carboxylic acids is 4. The molecule has 0 spiro atoms. The van der Waals surface area contributed by atoms with Crippen molar-refractivity contribution in [1.82, 2.24) is 9.13 Å². The molecule has 0 saturated carbocycles. The molecule has 0 bridgehead atoms. The molecule has 0 saturated heterocycles. The molecule has 0 aliphatic carbocycles. The number of anilines is 3. The van der Waals surface area contributed by atoms with Gasteiger partial charge in [0.15, 0.2) is 46.5 Å². The predicted molar refractivity (Wildman–Crippen MR) is 478 cm³/mol. The molecule has 9 aromatic carbocycles. The Morgan fingerprint density at radius 2 is 0.819 bits per heavy atom. The van der Waals surface area contributed by atoms with Crippen molar-refractivity contribution in [2.24, 2.45) is 16.0 Å². The summed E-state index contributed by atoms with van der Waals surface area (Å²) in [6, 6.07) is 41.3. The maximum atomic E-state index is 13.5. The number of hydrogen-bond donors (Lipinski definition) is 7. The van der Waals surface area contributed by atoms with Gasteiger partial charge in [-0.3, -0.25) is 57.7 Å². The maximum Gasteiger partial charge on any atom is 0.369 e. The van der Waals surface area contributed by atoms with Crippen LogP contribution in [0.4, 0.5) is 52.2 Å². The number of halogens is 13. The van der Waals surface area contributed by atoms with Crippen LogP contribution in [0.15, 0.2) is 192 Å². The number of nitrogens with two attached hydrogens (primary N) is 1. The molecule has 680 valence electrons. The van der Waals surface area contributed by atoms with E-state index in [0.29, 0.717) is 72.9 Å². The van der Waals surface area contributed by atoms with E-state index in [2.05, 4.69) is 74.5 Å². The SMILES string of the molecule is BrB(Br)Br.C.C/C=N/N(C(=O)c1ccc(F)c(F)c1)c1ccc(OC)cc1.C/C=N/Nc1ccc(OC)cc1.CC(=O)CCC(=O)O.CC(=O)O.COc1ccc(N(N)C(=O)c2ccc(F)c(F)c2)cc1.COc1ccc2c(c1)c(CC(=O)O)c(C)n2C(=O)c1ccc(F)c(F)c1.Cc1c(CC(=O)O)c2cc(O)ccc2n1C(=O)c1ccc(F)c(F)c1.Cl.O=CCl.[Ar]. The number of ether oxygens (including phenoxy) is 4. The third-order valence-electron chi connectivity index (χ3n) is 16.0. The summed E-state index contributed by atoms with van der Waals surface area (Å²) < 4.78 is 128. The number of nitrogens with zero attached hydrogens (tertiary/aromatic N) is 6. The molecule has 11 rings (SSSR count). The molecule has 0 aliphatic rings. The number of carbonyl (C=O) groups is 10. The van der Waals surface area contributed by atoms with Crippen LogP contribution in [0.2, 0.25) is 0 Å². The third kappa shape index (κ3) is 37.5. The van der Waals surface area contributed by atoms with Gasteiger partial charge in [-0.25, -0.2) is 46.0 Å². The first kappa shape index (κ1) is 115. The smallest absolute Gasteiger partial charge is 0.369 e. The molecule has 0 atom stereocenters. The molecular weight excluding hydrogens is 1950 g/mol. The number of Topliss-reactive ketones (excluding diaryl/α,β-unsaturated/α-hetero) is 1. The average Bonchev–Trinajstić information content (AvgIpc) is 1.61. The third-order valence-corrected chi connectivity index (χ3v) is 16.0. The second-order valence-corrected chi connectivity index (χ2v) is 31.0. The van der Waals surface area contributed by atoms with Crippen LogP contribution in [-0.4, -0.2) is 138 Å². The molecular formula is C85H84ArBBr3Cl2F8N8O19. The fraction of sp³-hybridized carbons (Fsp3) is 0.176. The van der Waals surface area contributed by atoms with E-state index in [0.717, 1.165) is 83.0 Å². The summed E-state index contributed by atoms with van der Waals surface area (Å²) in [5.41, 5.74) is 7.00. The predicted octanol–water partition coefficient (Wildman–Crippen LogP) is 19.2. The Balaban J connectivity index is 0.00000149. The first-order valence-electron chi connectivity index (χ1n) is 35.4. The summed E-state index contributed by atoms with van der Waals surface area (Å²) in [6.45, 7) is 9.14. The number of amides is 2. The van der Waals surface area contributed by atoms with Crippen molar-refractivity contribution >= 4 is 185 Å². The van der Waals surface area contributed by atoms with Crippen LogP contribution in [0.5, 0.6) is 28.7 Å². The number of aliphatic carboxylic acids is 4. The number of hydrazine groups is 1. The number of aromatic nitrogens is 2. The second kappa shape index (κ2) is 58.7. The summed E-state index contributed by atoms with van der Waals surface area (Å²) in [4.78, 5) is 110. The topological polar surface area (TPSA) is 388 Å². The van der Waals surface area contributed by atoms with Gasteiger partial charge >= 0.3 is 21.1 Å². The molecule has 0 fully saturated rings. The maximum absolute atomic E-state index is 13.5. The molecule has 2 heterocycles. The van der Waals surface area contributed by atoms with Gasteiger partial charge in [-0.05, 0) is 239 Å². The van der Waals surface area contributed by atoms with E-state index in [1.54, 1.807) is 101 Å². The monoisotopic (exact) mass is 2030 g/mol. The second-order valence-electron chi connectivity index (χ2n) is 24.4. The van der Waals surface area contributed by atoms with Crippen molar-refractivity contribution in [1.29, 1.82) is 0 Å². The molecule has 0 unspecified atom stereocenters. The molecule has 0 aliphatic heterocycles. The van der Waals surface area contributed by atoms with E-state index in [9.17, 15) is 83.7 Å². The fourth-order valence-electron chi connectivity index (χ4n) is 10.4. The molecule has 2 amide bonds. The van der Waals surface area contributed by atoms with Gasteiger partial charge in [0.05, 0.1) is 75.8 Å². The number of hydrazone groups is 2. The molecule has 27 nitrogen and oxygen atoms in total. The van der Waals surface area contributed by atoms with Gasteiger partial charge < -0.3 is 49.3 Å². The number of carboxylic acid groups (broad SMARTS) is 4. The quantitative estimate of drug-likeness (QED) is 0.00544. The number of aromatic hydroxyl groups is 1. The molecule has 0 radical (unpaired) electrons. The van der Waals surface area contributed by atoms with Crippen molar-refractivity contribution in [3.05, 3.63) is 273 Å². The number of benzene rings is 9. The Kier molecular flexibility index (Phi) is 53.3. The summed E-state index contributed by atoms with van der Waals surface area (Å²) in [5.74, 6) is -6.54. The van der Waals surface area contributed by atoms with Crippen molar-refractivity contribution in [3.8, 4) is 28.7 Å². The number of methoxy groups -OCH3 is 4. The Hall–Kier alpha value is -11.6. The molecule has 42 heteroatoms. The van der Waals surface area contributed by atoms with Crippen LogP contribution >= 0.6 is 71.3 Å². The van der Waals surface area contributed by atoms with E-state index < -0.39 is 94.0 Å². The Morgan fingerprint density at radius 3 is 1.15 bits per heavy atom. The van der Waals surface area contributed by atoms with Crippen LogP contribution in [-0.2, 0) is 41.6 Å². The standard InChI is InChI=1S/C19H15F2NO4.C18H13F2NO4.C16H14F2N2O2.C14H12F2N2O2.C9H12N2O.C5H8O3.C2H4O2.CHClO.CH4.Ar.BBr3.ClH/c1-10-13(9-18(23)24)14-8-12(26-2)4-6-17(14)22(10)19(25)11-3-5-15(20)16(21)7-11;1-9-12(8-17(23)24)13-7-11(22)3-5-16(13)21(9)18(25)10-2-4-14(19)15(20)6-10;1-3-19-20(12-5-7-13(22-2)8-6-12)16(21)11-4-9-14(17)15(18)10-11;1-20-11-5-3-10(4-6-11)18(17)14(19)9-2-7-12(15)13(16)8-9;1-3-10-11-8-4-6-9(12-2)7-5-8;1-4(6)2-3-5(7)8;1-2(3)4;2-1-3;;;2-1(3)4;/h3-8H,9H2,1-2H3,(H,23,24);2-7,22H,8H2,1H3,(H,23,24);3-10H,1-2H3;2-8H,17H2,1H3;3-7,11H,1-2H3;2-3H2,1H3,(H,7,8);1H3,(H,3,4);1H;1H4;;;1H/b;;19-3+;;10-3+;;;;;;;. The van der Waals surface area contributed by atoms with E-state index in [-0.39, 0.29) is 126 Å². The van der Waals surface area contributed by atoms with Crippen molar-refractivity contribution in [2.45, 2.75) is 74.7 Å². The van der Waals surface area contributed by atoms with E-state index in [1.165, 1.54) is 80.0 Å². The Bertz CT molecular complexity index is 5600. The molecule has 11 aromatic rings. The summed E-state index contributed by atoms with van der Waals surface area (Å²) in [6.07, 6.45) is 2.61. The first-order valence-corrected chi connectivity index (χ1v) is 38.6. The number of rotatable bonds is 20. The van der Waals surface area contributed by atoms with Gasteiger partial charge in [0.25, 0.3) is 29.6 Å². The van der Waals surface area contributed by atoms with Gasteiger partial charge in [0.1, 0.15) is 34.5 Å². The number of nitrogens with one attached hydrogen (secondary N) is 1. The van der Waals surface area contributed by atoms with E-state index >= 15 is 0 Å². The summed E-state index contributed by atoms with van der Waals surface area (Å²) in [7, 11) is 6.17. The van der Waals surface area contributed by atoms with Gasteiger partial charge in [0, 0.05) is 108 Å². The summed E-state index contributed by atoms with van der Waals surface area (Å²) >= 11 is 13.6. The Labute approximate surface area is 789 Å². The molecule has 8 N–H and O–H groups in total. The van der Waals surface area contributed by atoms with Gasteiger partial charge in [-0.15, -0.1) is 59.7 Å². The number of phenols is 1. The van der Waals surface area contributed by atoms with Crippen LogP contribution in [0.25, 0.3) is 21.8 Å². The normalized spacial score (nSPS) is 9.88. The summed E-state index contributed by atoms with van der Waals surface area (Å²) in [5, 5.41) is 54.2. The number of fused-ring (bicyclic) bond motifs is 2. The van der Waals surface area contributed by atoms with Crippen molar-refractivity contribution in [2.75, 3.05) is 43.9 Å². The van der Waals surface area contributed by atoms with Crippen LogP contribution in [0.1, 0.15) is 112 Å². The van der Waals surface area contributed by atoms with Crippen LogP contribution in [0.3, 0.4) is 0 Å². The minimum Gasteiger partial charge on any atom is -0.508 e. The first-order chi connectivity index (χ1) is 58.6. The molecule has 127 heavy (non-hydrogen) atoms. The average molecular weight is 2040 g/mol.